The Balaban J connectivity index is 1.73. The molecule has 2 aromatic carbocycles. The molecule has 0 aliphatic rings. The molecule has 0 aromatic heterocycles. The lowest BCUT2D eigenvalue weighted by atomic mass is 10.2. The second-order valence-electron chi connectivity index (χ2n) is 5.46. The Morgan fingerprint density at radius 2 is 1.64 bits per heavy atom. The Bertz CT molecular complexity index is 872. The minimum Gasteiger partial charge on any atom is -0.484 e. The third-order valence-electron chi connectivity index (χ3n) is 3.19. The summed E-state index contributed by atoms with van der Waals surface area (Å²) in [6.45, 7) is 1.16. The molecule has 0 heterocycles. The van der Waals surface area contributed by atoms with Gasteiger partial charge in [0.25, 0.3) is 11.8 Å². The van der Waals surface area contributed by atoms with Crippen molar-refractivity contribution in [2.24, 2.45) is 0 Å². The van der Waals surface area contributed by atoms with E-state index in [0.29, 0.717) is 17.0 Å². The number of carbonyl (C=O) groups excluding carboxylic acids is 3. The van der Waals surface area contributed by atoms with Crippen LogP contribution in [0.1, 0.15) is 17.3 Å². The van der Waals surface area contributed by atoms with Gasteiger partial charge in [-0.25, -0.2) is 0 Å². The van der Waals surface area contributed by atoms with E-state index in [4.69, 9.17) is 17.0 Å². The maximum Gasteiger partial charge on any atom is 0.269 e. The third kappa shape index (κ3) is 7.33. The van der Waals surface area contributed by atoms with Crippen LogP contribution in [0.25, 0.3) is 0 Å². The van der Waals surface area contributed by atoms with Gasteiger partial charge in [-0.2, -0.15) is 0 Å². The first-order valence-electron chi connectivity index (χ1n) is 7.99. The number of carbonyl (C=O) groups is 3. The van der Waals surface area contributed by atoms with Gasteiger partial charge in [0.2, 0.25) is 5.91 Å². The van der Waals surface area contributed by atoms with Crippen molar-refractivity contribution < 1.29 is 19.1 Å². The van der Waals surface area contributed by atoms with Crippen molar-refractivity contribution in [3.05, 3.63) is 58.6 Å². The van der Waals surface area contributed by atoms with E-state index in [1.54, 1.807) is 36.4 Å². The number of ether oxygens (including phenoxy) is 1. The van der Waals surface area contributed by atoms with Crippen LogP contribution in [0.5, 0.6) is 5.75 Å². The smallest absolute Gasteiger partial charge is 0.269 e. The molecule has 0 aliphatic heterocycles. The van der Waals surface area contributed by atoms with Crippen LogP contribution in [0.4, 0.5) is 5.69 Å². The van der Waals surface area contributed by atoms with Gasteiger partial charge in [-0.15, -0.1) is 0 Å². The largest absolute Gasteiger partial charge is 0.484 e. The van der Waals surface area contributed by atoms with Crippen LogP contribution in [0, 0.1) is 0 Å². The molecule has 10 heteroatoms. The lowest BCUT2D eigenvalue weighted by Crippen LogP contribution is -2.49. The van der Waals surface area contributed by atoms with Crippen LogP contribution in [-0.4, -0.2) is 29.4 Å². The van der Waals surface area contributed by atoms with Gasteiger partial charge in [0.1, 0.15) is 5.75 Å². The van der Waals surface area contributed by atoms with Gasteiger partial charge < -0.3 is 10.1 Å². The van der Waals surface area contributed by atoms with Crippen molar-refractivity contribution in [3.63, 3.8) is 0 Å². The summed E-state index contributed by atoms with van der Waals surface area (Å²) < 4.78 is 6.22. The quantitative estimate of drug-likeness (QED) is 0.398. The van der Waals surface area contributed by atoms with Crippen LogP contribution in [0.15, 0.2) is 53.0 Å². The van der Waals surface area contributed by atoms with Crippen molar-refractivity contribution in [2.45, 2.75) is 6.92 Å². The van der Waals surface area contributed by atoms with E-state index in [1.807, 2.05) is 0 Å². The van der Waals surface area contributed by atoms with E-state index >= 15 is 0 Å². The molecule has 0 aliphatic carbocycles. The molecule has 0 saturated heterocycles. The molecule has 3 amide bonds. The fraction of sp³-hybridized carbons (Fsp3) is 0.111. The Morgan fingerprint density at radius 3 is 2.25 bits per heavy atom. The molecule has 0 saturated carbocycles. The van der Waals surface area contributed by atoms with Crippen molar-refractivity contribution in [1.82, 2.24) is 16.2 Å². The number of amides is 3. The number of hydrogen-bond donors (Lipinski definition) is 4. The Labute approximate surface area is 175 Å². The summed E-state index contributed by atoms with van der Waals surface area (Å²) >= 11 is 8.25. The summed E-state index contributed by atoms with van der Waals surface area (Å²) in [4.78, 5) is 34.8. The average molecular weight is 465 g/mol. The lowest BCUT2D eigenvalue weighted by molar-refractivity contribution is -0.121. The Morgan fingerprint density at radius 1 is 1.00 bits per heavy atom. The summed E-state index contributed by atoms with van der Waals surface area (Å²) in [5.74, 6) is -0.608. The monoisotopic (exact) mass is 464 g/mol. The molecule has 2 rings (SSSR count). The summed E-state index contributed by atoms with van der Waals surface area (Å²) in [5.41, 5.74) is 5.72. The topological polar surface area (TPSA) is 109 Å². The molecule has 4 N–H and O–H groups in total. The minimum atomic E-state index is -0.477. The highest BCUT2D eigenvalue weighted by molar-refractivity contribution is 9.10. The minimum absolute atomic E-state index is 0.0763. The molecule has 0 atom stereocenters. The van der Waals surface area contributed by atoms with E-state index in [-0.39, 0.29) is 17.6 Å². The Kier molecular flexibility index (Phi) is 7.90. The van der Waals surface area contributed by atoms with Gasteiger partial charge in [-0.1, -0.05) is 15.9 Å². The van der Waals surface area contributed by atoms with Crippen molar-refractivity contribution >= 4 is 56.7 Å². The van der Waals surface area contributed by atoms with Crippen LogP contribution in [-0.2, 0) is 9.59 Å². The van der Waals surface area contributed by atoms with Crippen molar-refractivity contribution in [3.8, 4) is 5.75 Å². The second kappa shape index (κ2) is 10.4. The average Bonchev–Trinajstić information content (AvgIpc) is 2.66. The van der Waals surface area contributed by atoms with E-state index in [9.17, 15) is 14.4 Å². The molecule has 0 radical (unpaired) electrons. The maximum absolute atomic E-state index is 12.0. The van der Waals surface area contributed by atoms with Crippen LogP contribution < -0.4 is 26.2 Å². The van der Waals surface area contributed by atoms with Crippen molar-refractivity contribution in [2.75, 3.05) is 11.9 Å². The maximum atomic E-state index is 12.0. The molecule has 8 nitrogen and oxygen atoms in total. The summed E-state index contributed by atoms with van der Waals surface area (Å²) in [6, 6.07) is 13.3. The first kappa shape index (κ1) is 21.3. The van der Waals surface area contributed by atoms with Gasteiger partial charge in [-0.05, 0) is 60.7 Å². The van der Waals surface area contributed by atoms with Gasteiger partial charge in [0, 0.05) is 22.6 Å². The third-order valence-corrected chi connectivity index (χ3v) is 3.93. The zero-order chi connectivity index (χ0) is 20.5. The predicted octanol–water partition coefficient (Wildman–Crippen LogP) is 2.12. The molecule has 0 spiro atoms. The number of hydrogen-bond acceptors (Lipinski definition) is 5. The van der Waals surface area contributed by atoms with Gasteiger partial charge in [0.15, 0.2) is 11.7 Å². The van der Waals surface area contributed by atoms with Crippen LogP contribution in [0.3, 0.4) is 0 Å². The van der Waals surface area contributed by atoms with Crippen molar-refractivity contribution in [1.29, 1.82) is 0 Å². The van der Waals surface area contributed by atoms with Gasteiger partial charge in [0.05, 0.1) is 0 Å². The second-order valence-corrected chi connectivity index (χ2v) is 6.78. The zero-order valence-corrected chi connectivity index (χ0v) is 17.1. The van der Waals surface area contributed by atoms with Crippen LogP contribution >= 0.6 is 28.1 Å². The van der Waals surface area contributed by atoms with E-state index in [1.165, 1.54) is 19.1 Å². The predicted molar refractivity (Wildman–Crippen MR) is 112 cm³/mol. The van der Waals surface area contributed by atoms with Crippen LogP contribution in [0.2, 0.25) is 0 Å². The van der Waals surface area contributed by atoms with E-state index < -0.39 is 11.8 Å². The number of rotatable bonds is 5. The molecular weight excluding hydrogens is 448 g/mol. The number of hydrazine groups is 1. The fourth-order valence-corrected chi connectivity index (χ4v) is 2.40. The van der Waals surface area contributed by atoms with E-state index in [2.05, 4.69) is 37.4 Å². The standard InChI is InChI=1S/C18H17BrN4O4S/c1-11(24)20-14-6-2-12(3-7-14)17(26)22-23-18(28)21-16(25)10-27-15-8-4-13(19)5-9-15/h2-9H,10H2,1H3,(H,20,24)(H,22,26)(H2,21,23,25,28). The highest BCUT2D eigenvalue weighted by Gasteiger charge is 2.09. The van der Waals surface area contributed by atoms with Gasteiger partial charge >= 0.3 is 0 Å². The first-order valence-corrected chi connectivity index (χ1v) is 9.20. The van der Waals surface area contributed by atoms with E-state index in [0.717, 1.165) is 4.47 Å². The molecule has 28 heavy (non-hydrogen) atoms. The first-order chi connectivity index (χ1) is 13.3. The molecular formula is C18H17BrN4O4S. The number of anilines is 1. The number of thiocarbonyl (C=S) groups is 1. The number of nitrogens with one attached hydrogen (secondary N) is 4. The normalized spacial score (nSPS) is 9.79. The zero-order valence-electron chi connectivity index (χ0n) is 14.7. The molecule has 2 aromatic rings. The SMILES string of the molecule is CC(=O)Nc1ccc(C(=O)NNC(=S)NC(=O)COc2ccc(Br)cc2)cc1. The number of benzene rings is 2. The summed E-state index contributed by atoms with van der Waals surface area (Å²) in [7, 11) is 0. The molecule has 0 unspecified atom stereocenters. The highest BCUT2D eigenvalue weighted by Crippen LogP contribution is 2.15. The summed E-state index contributed by atoms with van der Waals surface area (Å²) in [6.07, 6.45) is 0. The fourth-order valence-electron chi connectivity index (χ4n) is 1.97. The molecule has 146 valence electrons. The Hall–Kier alpha value is -2.98. The highest BCUT2D eigenvalue weighted by atomic mass is 79.9. The van der Waals surface area contributed by atoms with Gasteiger partial charge in [-0.3, -0.25) is 30.6 Å². The lowest BCUT2D eigenvalue weighted by Gasteiger charge is -2.11. The number of halogens is 1. The molecule has 0 bridgehead atoms. The summed E-state index contributed by atoms with van der Waals surface area (Å²) in [5, 5.41) is 4.91. The molecule has 0 fully saturated rings.